The van der Waals surface area contributed by atoms with Gasteiger partial charge in [0.05, 0.1) is 22.9 Å². The van der Waals surface area contributed by atoms with Crippen LogP contribution in [0, 0.1) is 11.3 Å². The van der Waals surface area contributed by atoms with E-state index in [4.69, 9.17) is 16.9 Å². The monoisotopic (exact) mass is 336 g/mol. The minimum absolute atomic E-state index is 0.250. The molecule has 0 fully saturated rings. The standard InChI is InChI=1S/C18H13ClN4O/c19-16-7-3-1-6-15(16)18(24)22-21-11-13-12-23(10-9-20)17-8-4-2-5-14(13)17/h1-8,11-12H,10H2,(H,22,24). The molecule has 1 N–H and O–H groups in total. The molecule has 0 saturated carbocycles. The molecule has 1 heterocycles. The highest BCUT2D eigenvalue weighted by atomic mass is 35.5. The zero-order valence-corrected chi connectivity index (χ0v) is 13.4. The third-order valence-corrected chi connectivity index (χ3v) is 3.88. The summed E-state index contributed by atoms with van der Waals surface area (Å²) in [6, 6.07) is 16.6. The first kappa shape index (κ1) is 15.8. The molecule has 0 radical (unpaired) electrons. The van der Waals surface area contributed by atoms with E-state index >= 15 is 0 Å². The molecule has 0 aliphatic heterocycles. The van der Waals surface area contributed by atoms with E-state index in [0.717, 1.165) is 16.5 Å². The molecule has 0 unspecified atom stereocenters. The van der Waals surface area contributed by atoms with Gasteiger partial charge in [-0.1, -0.05) is 41.9 Å². The number of hydrogen-bond acceptors (Lipinski definition) is 3. The molecular weight excluding hydrogens is 324 g/mol. The summed E-state index contributed by atoms with van der Waals surface area (Å²) >= 11 is 5.98. The number of hydrogen-bond donors (Lipinski definition) is 1. The Hall–Kier alpha value is -3.10. The van der Waals surface area contributed by atoms with Crippen molar-refractivity contribution in [1.82, 2.24) is 9.99 Å². The first-order chi connectivity index (χ1) is 11.7. The maximum absolute atomic E-state index is 12.1. The molecule has 5 nitrogen and oxygen atoms in total. The minimum Gasteiger partial charge on any atom is -0.333 e. The maximum atomic E-state index is 12.1. The normalized spacial score (nSPS) is 10.8. The summed E-state index contributed by atoms with van der Waals surface area (Å²) in [5, 5.41) is 14.3. The molecule has 0 bridgehead atoms. The second-order valence-electron chi connectivity index (χ2n) is 5.07. The minimum atomic E-state index is -0.377. The lowest BCUT2D eigenvalue weighted by Crippen LogP contribution is -2.17. The van der Waals surface area contributed by atoms with Crippen molar-refractivity contribution in [2.45, 2.75) is 6.54 Å². The third-order valence-electron chi connectivity index (χ3n) is 3.55. The summed E-state index contributed by atoms with van der Waals surface area (Å²) in [6.07, 6.45) is 3.39. The largest absolute Gasteiger partial charge is 0.333 e. The predicted molar refractivity (Wildman–Crippen MR) is 94.1 cm³/mol. The highest BCUT2D eigenvalue weighted by Crippen LogP contribution is 2.20. The number of amides is 1. The van der Waals surface area contributed by atoms with E-state index in [2.05, 4.69) is 16.6 Å². The van der Waals surface area contributed by atoms with Crippen LogP contribution >= 0.6 is 11.6 Å². The van der Waals surface area contributed by atoms with Crippen molar-refractivity contribution in [2.75, 3.05) is 0 Å². The van der Waals surface area contributed by atoms with Gasteiger partial charge in [-0.3, -0.25) is 4.79 Å². The summed E-state index contributed by atoms with van der Waals surface area (Å²) in [5.74, 6) is -0.377. The number of hydrazone groups is 1. The molecule has 3 aromatic rings. The van der Waals surface area contributed by atoms with Gasteiger partial charge in [0, 0.05) is 22.7 Å². The number of aromatic nitrogens is 1. The lowest BCUT2D eigenvalue weighted by molar-refractivity contribution is 0.0955. The Kier molecular flexibility index (Phi) is 4.59. The van der Waals surface area contributed by atoms with Crippen LogP contribution < -0.4 is 5.43 Å². The Morgan fingerprint density at radius 3 is 2.79 bits per heavy atom. The van der Waals surface area contributed by atoms with Crippen LogP contribution in [0.25, 0.3) is 10.9 Å². The summed E-state index contributed by atoms with van der Waals surface area (Å²) in [7, 11) is 0. The predicted octanol–water partition coefficient (Wildman–Crippen LogP) is 3.58. The van der Waals surface area contributed by atoms with Crippen molar-refractivity contribution in [1.29, 1.82) is 5.26 Å². The molecule has 0 aliphatic rings. The molecule has 0 saturated heterocycles. The van der Waals surface area contributed by atoms with E-state index < -0.39 is 0 Å². The number of nitrogens with zero attached hydrogens (tertiary/aromatic N) is 3. The molecule has 24 heavy (non-hydrogen) atoms. The van der Waals surface area contributed by atoms with E-state index in [9.17, 15) is 4.79 Å². The van der Waals surface area contributed by atoms with Crippen LogP contribution in [0.5, 0.6) is 0 Å². The van der Waals surface area contributed by atoms with Crippen LogP contribution in [0.2, 0.25) is 5.02 Å². The van der Waals surface area contributed by atoms with Crippen molar-refractivity contribution in [2.24, 2.45) is 5.10 Å². The van der Waals surface area contributed by atoms with Gasteiger partial charge >= 0.3 is 0 Å². The quantitative estimate of drug-likeness (QED) is 0.584. The fraction of sp³-hybridized carbons (Fsp3) is 0.0556. The third kappa shape index (κ3) is 3.14. The van der Waals surface area contributed by atoms with Gasteiger partial charge < -0.3 is 4.57 Å². The van der Waals surface area contributed by atoms with Gasteiger partial charge in [0.15, 0.2) is 0 Å². The van der Waals surface area contributed by atoms with Crippen LogP contribution in [0.15, 0.2) is 59.8 Å². The highest BCUT2D eigenvalue weighted by Gasteiger charge is 2.09. The fourth-order valence-corrected chi connectivity index (χ4v) is 2.67. The molecule has 0 atom stereocenters. The zero-order valence-electron chi connectivity index (χ0n) is 12.6. The smallest absolute Gasteiger partial charge is 0.272 e. The molecule has 0 aliphatic carbocycles. The molecule has 2 aromatic carbocycles. The second-order valence-corrected chi connectivity index (χ2v) is 5.47. The van der Waals surface area contributed by atoms with E-state index in [-0.39, 0.29) is 12.5 Å². The van der Waals surface area contributed by atoms with Gasteiger partial charge in [-0.15, -0.1) is 0 Å². The lowest BCUT2D eigenvalue weighted by atomic mass is 10.2. The Morgan fingerprint density at radius 1 is 1.25 bits per heavy atom. The van der Waals surface area contributed by atoms with E-state index in [1.807, 2.05) is 35.0 Å². The Bertz CT molecular complexity index is 969. The van der Waals surface area contributed by atoms with Crippen LogP contribution in [-0.2, 0) is 6.54 Å². The van der Waals surface area contributed by atoms with Crippen molar-refractivity contribution >= 4 is 34.6 Å². The number of carbonyl (C=O) groups is 1. The van der Waals surface area contributed by atoms with Gasteiger partial charge in [-0.05, 0) is 18.2 Å². The van der Waals surface area contributed by atoms with Crippen molar-refractivity contribution in [3.8, 4) is 6.07 Å². The molecule has 1 amide bonds. The van der Waals surface area contributed by atoms with Gasteiger partial charge in [-0.2, -0.15) is 10.4 Å². The molecule has 3 rings (SSSR count). The maximum Gasteiger partial charge on any atom is 0.272 e. The number of rotatable bonds is 4. The van der Waals surface area contributed by atoms with Gasteiger partial charge in [0.2, 0.25) is 0 Å². The average Bonchev–Trinajstić information content (AvgIpc) is 2.94. The van der Waals surface area contributed by atoms with E-state index in [0.29, 0.717) is 10.6 Å². The first-order valence-electron chi connectivity index (χ1n) is 7.23. The number of fused-ring (bicyclic) bond motifs is 1. The second kappa shape index (κ2) is 6.99. The van der Waals surface area contributed by atoms with E-state index in [1.54, 1.807) is 30.5 Å². The summed E-state index contributed by atoms with van der Waals surface area (Å²) in [6.45, 7) is 0.250. The number of benzene rings is 2. The van der Waals surface area contributed by atoms with E-state index in [1.165, 1.54) is 0 Å². The summed E-state index contributed by atoms with van der Waals surface area (Å²) in [5.41, 5.74) is 4.59. The van der Waals surface area contributed by atoms with Crippen LogP contribution in [-0.4, -0.2) is 16.7 Å². The van der Waals surface area contributed by atoms with Gasteiger partial charge in [0.1, 0.15) is 6.54 Å². The van der Waals surface area contributed by atoms with Crippen LogP contribution in [0.1, 0.15) is 15.9 Å². The number of nitriles is 1. The van der Waals surface area contributed by atoms with Crippen molar-refractivity contribution < 1.29 is 4.79 Å². The molecule has 6 heteroatoms. The Labute approximate surface area is 143 Å². The zero-order chi connectivity index (χ0) is 16.9. The van der Waals surface area contributed by atoms with Crippen molar-refractivity contribution in [3.05, 3.63) is 70.9 Å². The molecular formula is C18H13ClN4O. The van der Waals surface area contributed by atoms with Crippen LogP contribution in [0.3, 0.4) is 0 Å². The highest BCUT2D eigenvalue weighted by molar-refractivity contribution is 6.33. The number of carbonyl (C=O) groups excluding carboxylic acids is 1. The molecule has 118 valence electrons. The van der Waals surface area contributed by atoms with Gasteiger partial charge in [-0.25, -0.2) is 5.43 Å². The topological polar surface area (TPSA) is 70.2 Å². The Morgan fingerprint density at radius 2 is 2.00 bits per heavy atom. The van der Waals surface area contributed by atoms with Crippen LogP contribution in [0.4, 0.5) is 0 Å². The number of nitrogens with one attached hydrogen (secondary N) is 1. The Balaban J connectivity index is 1.83. The fourth-order valence-electron chi connectivity index (χ4n) is 2.45. The SMILES string of the molecule is N#CCn1cc(C=NNC(=O)c2ccccc2Cl)c2ccccc21. The molecule has 1 aromatic heterocycles. The van der Waals surface area contributed by atoms with Crippen molar-refractivity contribution in [3.63, 3.8) is 0 Å². The average molecular weight is 337 g/mol. The summed E-state index contributed by atoms with van der Waals surface area (Å²) in [4.78, 5) is 12.1. The summed E-state index contributed by atoms with van der Waals surface area (Å²) < 4.78 is 1.84. The first-order valence-corrected chi connectivity index (χ1v) is 7.61. The van der Waals surface area contributed by atoms with Gasteiger partial charge in [0.25, 0.3) is 5.91 Å². The molecule has 0 spiro atoms. The number of para-hydroxylation sites is 1. The lowest BCUT2D eigenvalue weighted by Gasteiger charge is -2.01. The number of halogens is 1.